The van der Waals surface area contributed by atoms with E-state index in [1.165, 1.54) is 5.56 Å². The third kappa shape index (κ3) is 3.07. The Labute approximate surface area is 131 Å². The summed E-state index contributed by atoms with van der Waals surface area (Å²) in [4.78, 5) is 4.45. The maximum Gasteiger partial charge on any atom is 0.0731 e. The van der Waals surface area contributed by atoms with Gasteiger partial charge in [0, 0.05) is 23.1 Å². The van der Waals surface area contributed by atoms with Crippen molar-refractivity contribution < 1.29 is 0 Å². The van der Waals surface area contributed by atoms with Crippen molar-refractivity contribution in [1.29, 1.82) is 0 Å². The molecule has 2 aromatic carbocycles. The van der Waals surface area contributed by atoms with Gasteiger partial charge in [0.2, 0.25) is 0 Å². The van der Waals surface area contributed by atoms with Gasteiger partial charge in [0.05, 0.1) is 5.69 Å². The van der Waals surface area contributed by atoms with Crippen LogP contribution in [0.1, 0.15) is 11.1 Å². The molecule has 0 spiro atoms. The predicted molar refractivity (Wildman–Crippen MR) is 93.5 cm³/mol. The van der Waals surface area contributed by atoms with E-state index in [2.05, 4.69) is 54.1 Å². The van der Waals surface area contributed by atoms with E-state index in [1.807, 2.05) is 42.6 Å². The van der Waals surface area contributed by atoms with E-state index in [0.29, 0.717) is 0 Å². The fourth-order valence-corrected chi connectivity index (χ4v) is 2.39. The second kappa shape index (κ2) is 6.27. The van der Waals surface area contributed by atoms with Gasteiger partial charge in [-0.25, -0.2) is 0 Å². The van der Waals surface area contributed by atoms with Gasteiger partial charge in [0.15, 0.2) is 0 Å². The number of nitrogens with one attached hydrogen (secondary N) is 1. The minimum absolute atomic E-state index is 0.885. The molecule has 0 aliphatic heterocycles. The summed E-state index contributed by atoms with van der Waals surface area (Å²) in [6.07, 6.45) is 1.83. The molecule has 0 saturated heterocycles. The summed E-state index contributed by atoms with van der Waals surface area (Å²) in [5.41, 5.74) is 6.32. The van der Waals surface area contributed by atoms with Gasteiger partial charge >= 0.3 is 0 Å². The maximum atomic E-state index is 4.45. The van der Waals surface area contributed by atoms with E-state index in [9.17, 15) is 0 Å². The first-order valence-electron chi connectivity index (χ1n) is 7.27. The molecule has 0 unspecified atom stereocenters. The monoisotopic (exact) mass is 286 g/mol. The highest BCUT2D eigenvalue weighted by Crippen LogP contribution is 2.23. The molecule has 1 aromatic heterocycles. The van der Waals surface area contributed by atoms with Crippen LogP contribution in [0.25, 0.3) is 17.0 Å². The van der Waals surface area contributed by atoms with Crippen molar-refractivity contribution in [2.24, 2.45) is 0 Å². The summed E-state index contributed by atoms with van der Waals surface area (Å²) in [6.45, 7) is 6.19. The summed E-state index contributed by atoms with van der Waals surface area (Å²) in [5.74, 6) is 0. The summed E-state index contributed by atoms with van der Waals surface area (Å²) in [5, 5.41) is 3.32. The third-order valence-corrected chi connectivity index (χ3v) is 3.59. The number of para-hydroxylation sites is 1. The number of rotatable bonds is 4. The number of aryl methyl sites for hydroxylation is 1. The normalized spacial score (nSPS) is 10.2. The lowest BCUT2D eigenvalue weighted by molar-refractivity contribution is 1.27. The van der Waals surface area contributed by atoms with Gasteiger partial charge < -0.3 is 5.32 Å². The molecule has 0 atom stereocenters. The fourth-order valence-electron chi connectivity index (χ4n) is 2.39. The highest BCUT2D eigenvalue weighted by molar-refractivity contribution is 5.76. The van der Waals surface area contributed by atoms with Crippen molar-refractivity contribution in [3.8, 4) is 11.3 Å². The molecule has 0 amide bonds. The second-order valence-electron chi connectivity index (χ2n) is 5.22. The van der Waals surface area contributed by atoms with Gasteiger partial charge in [0.25, 0.3) is 0 Å². The number of nitrogens with zero attached hydrogens (tertiary/aromatic N) is 1. The van der Waals surface area contributed by atoms with E-state index in [1.54, 1.807) is 0 Å². The molecule has 0 saturated carbocycles. The van der Waals surface area contributed by atoms with E-state index in [-0.39, 0.29) is 0 Å². The van der Waals surface area contributed by atoms with E-state index in [4.69, 9.17) is 0 Å². The van der Waals surface area contributed by atoms with Gasteiger partial charge in [-0.3, -0.25) is 4.98 Å². The van der Waals surface area contributed by atoms with Crippen LogP contribution in [0.15, 0.2) is 79.5 Å². The van der Waals surface area contributed by atoms with Crippen LogP contribution in [0.4, 0.5) is 5.69 Å². The second-order valence-corrected chi connectivity index (χ2v) is 5.22. The average molecular weight is 286 g/mol. The van der Waals surface area contributed by atoms with Crippen molar-refractivity contribution in [1.82, 2.24) is 4.98 Å². The van der Waals surface area contributed by atoms with Crippen LogP contribution in [0.5, 0.6) is 0 Å². The lowest BCUT2D eigenvalue weighted by Gasteiger charge is -2.11. The molecular formula is C20H18N2. The standard InChI is InChI=1S/C20H18N2/c1-15-7-6-14-21-20(15)18-12-10-17(11-13-18)16(2)22-19-8-4-3-5-9-19/h3-14,22H,2H2,1H3. The van der Waals surface area contributed by atoms with Crippen molar-refractivity contribution in [3.05, 3.63) is 90.6 Å². The molecule has 0 bridgehead atoms. The molecule has 2 heteroatoms. The Balaban J connectivity index is 1.80. The summed E-state index contributed by atoms with van der Waals surface area (Å²) in [6, 6.07) is 22.4. The van der Waals surface area contributed by atoms with E-state index in [0.717, 1.165) is 28.2 Å². The quantitative estimate of drug-likeness (QED) is 0.718. The SMILES string of the molecule is C=C(Nc1ccccc1)c1ccc(-c2ncccc2C)cc1. The molecule has 1 N–H and O–H groups in total. The van der Waals surface area contributed by atoms with Crippen LogP contribution in [-0.2, 0) is 0 Å². The van der Waals surface area contributed by atoms with Crippen molar-refractivity contribution in [2.75, 3.05) is 5.32 Å². The smallest absolute Gasteiger partial charge is 0.0731 e. The van der Waals surface area contributed by atoms with Gasteiger partial charge in [-0.2, -0.15) is 0 Å². The van der Waals surface area contributed by atoms with Crippen LogP contribution in [0, 0.1) is 6.92 Å². The molecule has 108 valence electrons. The Morgan fingerprint density at radius 1 is 0.909 bits per heavy atom. The highest BCUT2D eigenvalue weighted by Gasteiger charge is 2.04. The fraction of sp³-hybridized carbons (Fsp3) is 0.0500. The lowest BCUT2D eigenvalue weighted by Crippen LogP contribution is -1.97. The number of aromatic nitrogens is 1. The average Bonchev–Trinajstić information content (AvgIpc) is 2.56. The van der Waals surface area contributed by atoms with Crippen LogP contribution >= 0.6 is 0 Å². The van der Waals surface area contributed by atoms with Crippen LogP contribution < -0.4 is 5.32 Å². The minimum Gasteiger partial charge on any atom is -0.356 e. The summed E-state index contributed by atoms with van der Waals surface area (Å²) < 4.78 is 0. The summed E-state index contributed by atoms with van der Waals surface area (Å²) in [7, 11) is 0. The zero-order valence-corrected chi connectivity index (χ0v) is 12.6. The Bertz CT molecular complexity index is 774. The first kappa shape index (κ1) is 14.1. The molecule has 0 radical (unpaired) electrons. The number of pyridine rings is 1. The van der Waals surface area contributed by atoms with E-state index < -0.39 is 0 Å². The lowest BCUT2D eigenvalue weighted by atomic mass is 10.0. The zero-order chi connectivity index (χ0) is 15.4. The van der Waals surface area contributed by atoms with Crippen LogP contribution in [-0.4, -0.2) is 4.98 Å². The molecule has 0 fully saturated rings. The van der Waals surface area contributed by atoms with Crippen LogP contribution in [0.2, 0.25) is 0 Å². The third-order valence-electron chi connectivity index (χ3n) is 3.59. The summed E-state index contributed by atoms with van der Waals surface area (Å²) >= 11 is 0. The Morgan fingerprint density at radius 2 is 1.64 bits per heavy atom. The first-order chi connectivity index (χ1) is 10.7. The topological polar surface area (TPSA) is 24.9 Å². The first-order valence-corrected chi connectivity index (χ1v) is 7.27. The number of anilines is 1. The van der Waals surface area contributed by atoms with Gasteiger partial charge in [-0.15, -0.1) is 0 Å². The Kier molecular flexibility index (Phi) is 4.01. The molecule has 2 nitrogen and oxygen atoms in total. The number of hydrogen-bond donors (Lipinski definition) is 1. The van der Waals surface area contributed by atoms with Gasteiger partial charge in [0.1, 0.15) is 0 Å². The number of benzene rings is 2. The molecule has 0 aliphatic rings. The Morgan fingerprint density at radius 3 is 2.32 bits per heavy atom. The maximum absolute atomic E-state index is 4.45. The zero-order valence-electron chi connectivity index (χ0n) is 12.6. The van der Waals surface area contributed by atoms with Crippen molar-refractivity contribution in [3.63, 3.8) is 0 Å². The largest absolute Gasteiger partial charge is 0.356 e. The van der Waals surface area contributed by atoms with Crippen LogP contribution in [0.3, 0.4) is 0 Å². The van der Waals surface area contributed by atoms with Gasteiger partial charge in [-0.1, -0.05) is 55.1 Å². The molecular weight excluding hydrogens is 268 g/mol. The van der Waals surface area contributed by atoms with E-state index >= 15 is 0 Å². The molecule has 3 rings (SSSR count). The predicted octanol–water partition coefficient (Wildman–Crippen LogP) is 5.14. The Hall–Kier alpha value is -2.87. The molecule has 3 aromatic rings. The number of hydrogen-bond acceptors (Lipinski definition) is 2. The molecule has 0 aliphatic carbocycles. The molecule has 22 heavy (non-hydrogen) atoms. The van der Waals surface area contributed by atoms with Gasteiger partial charge in [-0.05, 0) is 36.2 Å². The van der Waals surface area contributed by atoms with Crippen molar-refractivity contribution >= 4 is 11.4 Å². The molecule has 1 heterocycles. The minimum atomic E-state index is 0.885. The highest BCUT2D eigenvalue weighted by atomic mass is 14.9. The van der Waals surface area contributed by atoms with Crippen molar-refractivity contribution in [2.45, 2.75) is 6.92 Å².